The summed E-state index contributed by atoms with van der Waals surface area (Å²) < 4.78 is 68.1. The number of ether oxygens (including phenoxy) is 3. The number of aromatic amines is 1. The largest absolute Gasteiger partial charge is 0.490 e. The van der Waals surface area contributed by atoms with Crippen molar-refractivity contribution in [1.29, 1.82) is 0 Å². The van der Waals surface area contributed by atoms with Crippen LogP contribution in [0.25, 0.3) is 11.2 Å². The summed E-state index contributed by atoms with van der Waals surface area (Å²) in [5, 5.41) is 7.02. The Balaban J connectivity index is 1.36. The summed E-state index contributed by atoms with van der Waals surface area (Å²) in [5.74, 6) is -0.712. The molecule has 26 heteroatoms. The van der Waals surface area contributed by atoms with Crippen molar-refractivity contribution in [2.45, 2.75) is 51.2 Å². The number of carbonyl (C=O) groups excluding carboxylic acids is 1. The normalized spacial score (nSPS) is 26.1. The Bertz CT molecular complexity index is 1840. The molecule has 7 atom stereocenters. The fraction of sp³-hybridized carbons (Fsp3) is 0.526. The van der Waals surface area contributed by atoms with Crippen LogP contribution in [-0.2, 0) is 59.4 Å². The number of nitrogens with zero attached hydrogens (tertiary/aromatic N) is 5. The van der Waals surface area contributed by atoms with Crippen LogP contribution in [0.3, 0.4) is 0 Å². The average Bonchev–Trinajstić information content (AvgIpc) is 3.63. The number of phosphoric acid groups is 3. The third-order valence-corrected chi connectivity index (χ3v) is 10.8. The Morgan fingerprint density at radius 2 is 1.82 bits per heavy atom. The molecule has 8 N–H and O–H groups in total. The molecule has 0 radical (unpaired) electrons. The molecule has 2 aliphatic heterocycles. The first-order valence-corrected chi connectivity index (χ1v) is 17.5. The number of amides is 1. The van der Waals surface area contributed by atoms with E-state index < -0.39 is 66.8 Å². The van der Waals surface area contributed by atoms with Crippen LogP contribution in [0.5, 0.6) is 0 Å². The summed E-state index contributed by atoms with van der Waals surface area (Å²) in [5.41, 5.74) is 8.63. The molecule has 0 spiro atoms. The number of hydrogen-bond donors (Lipinski definition) is 7. The van der Waals surface area contributed by atoms with Crippen LogP contribution < -0.4 is 11.1 Å². The maximum atomic E-state index is 13.1. The standard InChI is InChI=1S/C19H27N8O14P3S/c1-7-9(8(2)26(3)25-7)4-21-15(28)18-38-12-10(5-36-43(32,33)41-44(34,35)40-42(29,30)31)37-17(13(12)39-18)27-6-22-11-14(27)23-19(20)24-16(11)45/h6,10,12-13,17-18H,4-5H2,1-3H3,(H,21,28)(H,32,33)(H,34,35)(H2,29,30,31)(H3,20,23,24,45)/t10-,12-,13-,17-,18?/m1/s1. The highest BCUT2D eigenvalue weighted by molar-refractivity contribution is 7.71. The fourth-order valence-corrected chi connectivity index (χ4v) is 8.04. The van der Waals surface area contributed by atoms with Crippen molar-refractivity contribution in [2.75, 3.05) is 12.3 Å². The highest BCUT2D eigenvalue weighted by atomic mass is 32.1. The van der Waals surface area contributed by atoms with Crippen LogP contribution in [0.1, 0.15) is 23.2 Å². The van der Waals surface area contributed by atoms with E-state index in [0.29, 0.717) is 5.69 Å². The highest BCUT2D eigenvalue weighted by Crippen LogP contribution is 2.66. The van der Waals surface area contributed by atoms with E-state index in [1.54, 1.807) is 18.7 Å². The number of anilines is 1. The zero-order chi connectivity index (χ0) is 33.1. The Hall–Kier alpha value is -2.46. The lowest BCUT2D eigenvalue weighted by molar-refractivity contribution is -0.171. The van der Waals surface area contributed by atoms with Crippen molar-refractivity contribution in [3.63, 3.8) is 0 Å². The van der Waals surface area contributed by atoms with E-state index in [-0.39, 0.29) is 28.3 Å². The molecule has 5 rings (SSSR count). The number of nitrogens with one attached hydrogen (secondary N) is 2. The number of aryl methyl sites for hydroxylation is 2. The Kier molecular flexibility index (Phi) is 9.25. The van der Waals surface area contributed by atoms with Gasteiger partial charge in [0.1, 0.15) is 29.5 Å². The number of nitrogens with two attached hydrogens (primary N) is 1. The lowest BCUT2D eigenvalue weighted by Crippen LogP contribution is -2.37. The summed E-state index contributed by atoms with van der Waals surface area (Å²) in [6.07, 6.45) is -4.84. The summed E-state index contributed by atoms with van der Waals surface area (Å²) in [6.45, 7) is 2.85. The molecule has 248 valence electrons. The minimum Gasteiger partial charge on any atom is -0.369 e. The van der Waals surface area contributed by atoms with Gasteiger partial charge in [-0.25, -0.2) is 23.7 Å². The van der Waals surface area contributed by atoms with Crippen molar-refractivity contribution in [3.8, 4) is 0 Å². The second kappa shape index (κ2) is 12.3. The second-order valence-electron chi connectivity index (χ2n) is 9.75. The topological polar surface area (TPSA) is 307 Å². The maximum absolute atomic E-state index is 13.1. The number of imidazole rings is 1. The number of fused-ring (bicyclic) bond motifs is 2. The first-order chi connectivity index (χ1) is 20.8. The van der Waals surface area contributed by atoms with Crippen molar-refractivity contribution in [2.24, 2.45) is 7.05 Å². The fourth-order valence-electron chi connectivity index (χ4n) is 4.77. The minimum absolute atomic E-state index is 0.0464. The molecule has 45 heavy (non-hydrogen) atoms. The first kappa shape index (κ1) is 33.9. The average molecular weight is 716 g/mol. The van der Waals surface area contributed by atoms with E-state index in [2.05, 4.69) is 34.0 Å². The number of H-pyrrole nitrogens is 1. The van der Waals surface area contributed by atoms with E-state index in [9.17, 15) is 28.3 Å². The molecule has 3 unspecified atom stereocenters. The second-order valence-corrected chi connectivity index (χ2v) is 14.6. The minimum atomic E-state index is -5.77. The Morgan fingerprint density at radius 1 is 1.13 bits per heavy atom. The smallest absolute Gasteiger partial charge is 0.369 e. The van der Waals surface area contributed by atoms with Crippen LogP contribution in [0.2, 0.25) is 0 Å². The summed E-state index contributed by atoms with van der Waals surface area (Å²) >= 11 is 5.21. The van der Waals surface area contributed by atoms with Crippen molar-refractivity contribution < 1.29 is 65.4 Å². The number of carbonyl (C=O) groups is 1. The number of rotatable bonds is 11. The molecule has 0 aliphatic carbocycles. The molecule has 2 aliphatic rings. The van der Waals surface area contributed by atoms with Crippen LogP contribution >= 0.6 is 35.7 Å². The molecule has 3 aromatic rings. The van der Waals surface area contributed by atoms with Crippen LogP contribution in [-0.4, -0.2) is 86.0 Å². The predicted molar refractivity (Wildman–Crippen MR) is 149 cm³/mol. The SMILES string of the molecule is Cc1nn(C)c(C)c1CNC(=O)C1O[C@@H]2[C@H](O1)[C@@H](COP(=O)(O)OP(=O)(O)OP(=O)(O)O)O[C@H]2n1cnc2c(=S)nc(N)[nH]c21. The molecule has 3 aromatic heterocycles. The Morgan fingerprint density at radius 3 is 2.47 bits per heavy atom. The molecule has 0 aromatic carbocycles. The van der Waals surface area contributed by atoms with Gasteiger partial charge in [-0.2, -0.15) is 13.7 Å². The molecule has 0 saturated carbocycles. The molecule has 2 saturated heterocycles. The van der Waals surface area contributed by atoms with Gasteiger partial charge >= 0.3 is 23.5 Å². The molecular weight excluding hydrogens is 689 g/mol. The molecule has 5 heterocycles. The van der Waals surface area contributed by atoms with Gasteiger partial charge < -0.3 is 49.8 Å². The zero-order valence-electron chi connectivity index (χ0n) is 23.3. The predicted octanol–water partition coefficient (Wildman–Crippen LogP) is 0.0886. The lowest BCUT2D eigenvalue weighted by Gasteiger charge is -2.22. The summed E-state index contributed by atoms with van der Waals surface area (Å²) in [6, 6.07) is 0. The molecule has 22 nitrogen and oxygen atoms in total. The van der Waals surface area contributed by atoms with Gasteiger partial charge in [-0.3, -0.25) is 18.6 Å². The molecule has 2 fully saturated rings. The molecule has 1 amide bonds. The highest BCUT2D eigenvalue weighted by Gasteiger charge is 2.56. The van der Waals surface area contributed by atoms with Gasteiger partial charge in [0.15, 0.2) is 16.8 Å². The summed E-state index contributed by atoms with van der Waals surface area (Å²) in [4.78, 5) is 60.9. The lowest BCUT2D eigenvalue weighted by atomic mass is 10.1. The third kappa shape index (κ3) is 7.42. The van der Waals surface area contributed by atoms with Gasteiger partial charge in [-0.05, 0) is 13.8 Å². The quantitative estimate of drug-likeness (QED) is 0.102. The van der Waals surface area contributed by atoms with E-state index in [0.717, 1.165) is 11.3 Å². The van der Waals surface area contributed by atoms with Crippen LogP contribution in [0.15, 0.2) is 6.33 Å². The van der Waals surface area contributed by atoms with Crippen molar-refractivity contribution >= 4 is 58.7 Å². The van der Waals surface area contributed by atoms with E-state index >= 15 is 0 Å². The molecular formula is C19H27N8O14P3S. The van der Waals surface area contributed by atoms with E-state index in [1.807, 2.05) is 6.92 Å². The van der Waals surface area contributed by atoms with E-state index in [4.69, 9.17) is 46.5 Å². The van der Waals surface area contributed by atoms with Gasteiger partial charge in [-0.1, -0.05) is 12.2 Å². The maximum Gasteiger partial charge on any atom is 0.490 e. The van der Waals surface area contributed by atoms with Gasteiger partial charge in [0.2, 0.25) is 6.29 Å². The van der Waals surface area contributed by atoms with Gasteiger partial charge in [0.25, 0.3) is 5.91 Å². The number of hydrogen-bond acceptors (Lipinski definition) is 15. The zero-order valence-corrected chi connectivity index (χ0v) is 26.8. The Labute approximate surface area is 257 Å². The van der Waals surface area contributed by atoms with Crippen molar-refractivity contribution in [3.05, 3.63) is 27.9 Å². The van der Waals surface area contributed by atoms with Crippen molar-refractivity contribution in [1.82, 2.24) is 34.6 Å². The summed E-state index contributed by atoms with van der Waals surface area (Å²) in [7, 11) is -15.1. The van der Waals surface area contributed by atoms with Crippen LogP contribution in [0, 0.1) is 18.5 Å². The first-order valence-electron chi connectivity index (χ1n) is 12.6. The van der Waals surface area contributed by atoms with E-state index in [1.165, 1.54) is 10.9 Å². The van der Waals surface area contributed by atoms with Gasteiger partial charge in [-0.15, -0.1) is 0 Å². The number of nitrogen functional groups attached to an aromatic ring is 1. The third-order valence-electron chi connectivity index (χ3n) is 6.72. The number of aromatic nitrogens is 6. The monoisotopic (exact) mass is 716 g/mol. The number of phosphoric ester groups is 1. The van der Waals surface area contributed by atoms with Crippen LogP contribution in [0.4, 0.5) is 5.95 Å². The van der Waals surface area contributed by atoms with Gasteiger partial charge in [0.05, 0.1) is 18.6 Å². The molecule has 0 bridgehead atoms. The van der Waals surface area contributed by atoms with Gasteiger partial charge in [0, 0.05) is 24.8 Å².